The average molecular weight is 431 g/mol. The molecule has 2 aliphatic heterocycles. The van der Waals surface area contributed by atoms with E-state index in [2.05, 4.69) is 5.32 Å². The van der Waals surface area contributed by atoms with Crippen LogP contribution >= 0.6 is 0 Å². The highest BCUT2D eigenvalue weighted by atomic mass is 16.6. The molecule has 1 aromatic carbocycles. The van der Waals surface area contributed by atoms with Gasteiger partial charge in [0, 0.05) is 12.1 Å². The topological polar surface area (TPSA) is 131 Å². The number of nitrogens with one attached hydrogen (secondary N) is 1. The standard InChI is InChI=1S/C21H25N3O7/c1-12-17(20(25)30-3)19(14-5-4-6-15(11-14)24(28)29)18(13(2)23(12)27)21(26)31-16-7-9-22-10-8-16/h4-6,11,16,19,22,27H,7-10H2,1-3H3. The molecular weight excluding hydrogens is 406 g/mol. The molecule has 1 saturated heterocycles. The fourth-order valence-corrected chi connectivity index (χ4v) is 3.96. The smallest absolute Gasteiger partial charge is 0.337 e. The Hall–Kier alpha value is -3.24. The predicted molar refractivity (Wildman–Crippen MR) is 109 cm³/mol. The number of methoxy groups -OCH3 is 1. The normalized spacial score (nSPS) is 20.0. The number of carbonyl (C=O) groups is 2. The molecule has 0 aliphatic carbocycles. The molecule has 2 N–H and O–H groups in total. The van der Waals surface area contributed by atoms with Crippen molar-refractivity contribution >= 4 is 17.6 Å². The van der Waals surface area contributed by atoms with Crippen LogP contribution in [0.3, 0.4) is 0 Å². The van der Waals surface area contributed by atoms with Crippen molar-refractivity contribution in [1.29, 1.82) is 0 Å². The van der Waals surface area contributed by atoms with E-state index in [1.165, 1.54) is 39.2 Å². The molecule has 2 aliphatic rings. The first-order chi connectivity index (χ1) is 14.8. The van der Waals surface area contributed by atoms with Crippen LogP contribution in [0.2, 0.25) is 0 Å². The van der Waals surface area contributed by atoms with Crippen molar-refractivity contribution in [3.63, 3.8) is 0 Å². The first kappa shape index (κ1) is 22.4. The molecule has 166 valence electrons. The summed E-state index contributed by atoms with van der Waals surface area (Å²) in [5.41, 5.74) is 0.550. The summed E-state index contributed by atoms with van der Waals surface area (Å²) in [7, 11) is 1.19. The van der Waals surface area contributed by atoms with Crippen LogP contribution in [0.5, 0.6) is 0 Å². The summed E-state index contributed by atoms with van der Waals surface area (Å²) in [4.78, 5) is 36.7. The lowest BCUT2D eigenvalue weighted by molar-refractivity contribution is -0.384. The average Bonchev–Trinajstić information content (AvgIpc) is 2.77. The maximum atomic E-state index is 13.2. The van der Waals surface area contributed by atoms with Gasteiger partial charge in [-0.2, -0.15) is 0 Å². The maximum absolute atomic E-state index is 13.2. The number of benzene rings is 1. The van der Waals surface area contributed by atoms with Gasteiger partial charge in [0.05, 0.1) is 40.5 Å². The van der Waals surface area contributed by atoms with Gasteiger partial charge in [0.15, 0.2) is 0 Å². The molecule has 10 heteroatoms. The Morgan fingerprint density at radius 3 is 2.35 bits per heavy atom. The molecule has 0 saturated carbocycles. The quantitative estimate of drug-likeness (QED) is 0.410. The molecule has 0 bridgehead atoms. The fourth-order valence-electron chi connectivity index (χ4n) is 3.96. The summed E-state index contributed by atoms with van der Waals surface area (Å²) in [6.07, 6.45) is 0.975. The van der Waals surface area contributed by atoms with E-state index in [0.717, 1.165) is 5.06 Å². The van der Waals surface area contributed by atoms with Gasteiger partial charge in [-0.1, -0.05) is 12.1 Å². The Morgan fingerprint density at radius 1 is 1.16 bits per heavy atom. The minimum Gasteiger partial charge on any atom is -0.466 e. The van der Waals surface area contributed by atoms with E-state index in [-0.39, 0.29) is 34.3 Å². The number of esters is 2. The monoisotopic (exact) mass is 431 g/mol. The minimum atomic E-state index is -0.995. The first-order valence-electron chi connectivity index (χ1n) is 9.91. The number of nitro benzene ring substituents is 1. The number of hydrogen-bond donors (Lipinski definition) is 2. The van der Waals surface area contributed by atoms with E-state index in [4.69, 9.17) is 9.47 Å². The second-order valence-corrected chi connectivity index (χ2v) is 7.44. The molecule has 1 atom stereocenters. The summed E-state index contributed by atoms with van der Waals surface area (Å²) in [5, 5.41) is 25.8. The zero-order chi connectivity index (χ0) is 22.7. The number of carbonyl (C=O) groups excluding carboxylic acids is 2. The third-order valence-electron chi connectivity index (χ3n) is 5.59. The predicted octanol–water partition coefficient (Wildman–Crippen LogP) is 2.40. The first-order valence-corrected chi connectivity index (χ1v) is 9.91. The second-order valence-electron chi connectivity index (χ2n) is 7.44. The molecule has 1 aromatic rings. The lowest BCUT2D eigenvalue weighted by atomic mass is 9.80. The second kappa shape index (κ2) is 9.27. The number of rotatable bonds is 5. The SMILES string of the molecule is COC(=O)C1=C(C)N(O)C(C)=C(C(=O)OC2CCNCC2)C1c1cccc([N+](=O)[O-])c1. The highest BCUT2D eigenvalue weighted by molar-refractivity contribution is 5.99. The van der Waals surface area contributed by atoms with Gasteiger partial charge in [-0.3, -0.25) is 15.3 Å². The number of hydrogen-bond acceptors (Lipinski definition) is 9. The number of hydroxylamine groups is 2. The van der Waals surface area contributed by atoms with Gasteiger partial charge >= 0.3 is 11.9 Å². The molecular formula is C21H25N3O7. The molecule has 3 rings (SSSR count). The van der Waals surface area contributed by atoms with Crippen LogP contribution in [0.15, 0.2) is 46.8 Å². The van der Waals surface area contributed by atoms with Crippen molar-refractivity contribution in [2.24, 2.45) is 0 Å². The van der Waals surface area contributed by atoms with Gasteiger partial charge in [0.2, 0.25) is 0 Å². The van der Waals surface area contributed by atoms with Gasteiger partial charge < -0.3 is 14.8 Å². The molecule has 0 radical (unpaired) electrons. The zero-order valence-electron chi connectivity index (χ0n) is 17.6. The Morgan fingerprint density at radius 2 is 1.77 bits per heavy atom. The van der Waals surface area contributed by atoms with Gasteiger partial charge in [0.25, 0.3) is 5.69 Å². The highest BCUT2D eigenvalue weighted by Crippen LogP contribution is 2.43. The number of non-ortho nitro benzene ring substituents is 1. The molecule has 10 nitrogen and oxygen atoms in total. The van der Waals surface area contributed by atoms with Crippen LogP contribution in [0, 0.1) is 10.1 Å². The van der Waals surface area contributed by atoms with Crippen LogP contribution in [0.25, 0.3) is 0 Å². The third kappa shape index (κ3) is 4.44. The zero-order valence-corrected chi connectivity index (χ0v) is 17.6. The molecule has 1 unspecified atom stereocenters. The minimum absolute atomic E-state index is 0.00774. The Bertz CT molecular complexity index is 963. The van der Waals surface area contributed by atoms with Crippen LogP contribution in [-0.2, 0) is 19.1 Å². The largest absolute Gasteiger partial charge is 0.466 e. The van der Waals surface area contributed by atoms with E-state index in [0.29, 0.717) is 31.5 Å². The van der Waals surface area contributed by atoms with E-state index < -0.39 is 22.8 Å². The van der Waals surface area contributed by atoms with E-state index in [9.17, 15) is 24.9 Å². The van der Waals surface area contributed by atoms with Gasteiger partial charge in [0.1, 0.15) is 6.10 Å². The highest BCUT2D eigenvalue weighted by Gasteiger charge is 2.41. The van der Waals surface area contributed by atoms with Crippen molar-refractivity contribution in [2.75, 3.05) is 20.2 Å². The summed E-state index contributed by atoms with van der Waals surface area (Å²) in [6.45, 7) is 4.46. The maximum Gasteiger partial charge on any atom is 0.337 e. The van der Waals surface area contributed by atoms with Crippen LogP contribution in [-0.4, -0.2) is 53.4 Å². The van der Waals surface area contributed by atoms with Crippen molar-refractivity contribution < 1.29 is 29.2 Å². The Balaban J connectivity index is 2.12. The van der Waals surface area contributed by atoms with E-state index >= 15 is 0 Å². The number of ether oxygens (including phenoxy) is 2. The Kier molecular flexibility index (Phi) is 6.71. The summed E-state index contributed by atoms with van der Waals surface area (Å²) >= 11 is 0. The van der Waals surface area contributed by atoms with E-state index in [1.54, 1.807) is 6.07 Å². The van der Waals surface area contributed by atoms with Crippen molar-refractivity contribution in [3.05, 3.63) is 62.5 Å². The molecule has 1 fully saturated rings. The van der Waals surface area contributed by atoms with Gasteiger partial charge in [-0.15, -0.1) is 0 Å². The summed E-state index contributed by atoms with van der Waals surface area (Å²) in [5.74, 6) is -2.44. The fraction of sp³-hybridized carbons (Fsp3) is 0.429. The third-order valence-corrected chi connectivity index (χ3v) is 5.59. The lowest BCUT2D eigenvalue weighted by Crippen LogP contribution is -2.37. The number of nitrogens with zero attached hydrogens (tertiary/aromatic N) is 2. The molecule has 31 heavy (non-hydrogen) atoms. The summed E-state index contributed by atoms with van der Waals surface area (Å²) < 4.78 is 10.6. The molecule has 0 aromatic heterocycles. The Labute approximate surface area is 179 Å². The number of allylic oxidation sites excluding steroid dienone is 2. The van der Waals surface area contributed by atoms with Crippen LogP contribution in [0.1, 0.15) is 38.2 Å². The lowest BCUT2D eigenvalue weighted by Gasteiger charge is -2.34. The van der Waals surface area contributed by atoms with Gasteiger partial charge in [-0.25, -0.2) is 14.7 Å². The van der Waals surface area contributed by atoms with Crippen LogP contribution < -0.4 is 5.32 Å². The van der Waals surface area contributed by atoms with Crippen molar-refractivity contribution in [3.8, 4) is 0 Å². The molecule has 0 spiro atoms. The summed E-state index contributed by atoms with van der Waals surface area (Å²) in [6, 6.07) is 5.70. The molecule has 2 heterocycles. The van der Waals surface area contributed by atoms with Crippen LogP contribution in [0.4, 0.5) is 5.69 Å². The van der Waals surface area contributed by atoms with E-state index in [1.807, 2.05) is 0 Å². The van der Waals surface area contributed by atoms with Crippen molar-refractivity contribution in [1.82, 2.24) is 10.4 Å². The number of nitro groups is 1. The van der Waals surface area contributed by atoms with Crippen molar-refractivity contribution in [2.45, 2.75) is 38.7 Å². The number of piperidine rings is 1. The molecule has 0 amide bonds. The van der Waals surface area contributed by atoms with Gasteiger partial charge in [-0.05, 0) is 45.3 Å².